The summed E-state index contributed by atoms with van der Waals surface area (Å²) in [7, 11) is 0. The van der Waals surface area contributed by atoms with E-state index in [4.69, 9.17) is 0 Å². The second kappa shape index (κ2) is 8.58. The average molecular weight is 421 g/mol. The van der Waals surface area contributed by atoms with Crippen LogP contribution in [-0.2, 0) is 5.41 Å². The maximum atomic E-state index is 12.6. The second-order valence-electron chi connectivity index (χ2n) is 8.61. The van der Waals surface area contributed by atoms with Crippen LogP contribution in [0.5, 0.6) is 0 Å². The number of piperazine rings is 1. The van der Waals surface area contributed by atoms with Crippen molar-refractivity contribution < 1.29 is 4.79 Å². The highest BCUT2D eigenvalue weighted by Gasteiger charge is 2.16. The van der Waals surface area contributed by atoms with Gasteiger partial charge in [-0.1, -0.05) is 45.0 Å². The Morgan fingerprint density at radius 3 is 2.53 bits per heavy atom. The predicted molar refractivity (Wildman–Crippen MR) is 126 cm³/mol. The van der Waals surface area contributed by atoms with Crippen molar-refractivity contribution in [3.05, 3.63) is 65.0 Å². The van der Waals surface area contributed by atoms with Crippen LogP contribution in [0.2, 0.25) is 0 Å². The van der Waals surface area contributed by atoms with Gasteiger partial charge < -0.3 is 10.2 Å². The lowest BCUT2D eigenvalue weighted by Crippen LogP contribution is -2.43. The fourth-order valence-corrected chi connectivity index (χ4v) is 4.25. The summed E-state index contributed by atoms with van der Waals surface area (Å²) in [6, 6.07) is 16.2. The van der Waals surface area contributed by atoms with E-state index >= 15 is 0 Å². The first-order valence-electron chi connectivity index (χ1n) is 10.3. The zero-order chi connectivity index (χ0) is 21.1. The maximum Gasteiger partial charge on any atom is 0.257 e. The Morgan fingerprint density at radius 2 is 1.83 bits per heavy atom. The number of hydrogen-bond donors (Lipinski definition) is 2. The van der Waals surface area contributed by atoms with E-state index in [1.165, 1.54) is 22.6 Å². The zero-order valence-corrected chi connectivity index (χ0v) is 18.6. The van der Waals surface area contributed by atoms with Crippen molar-refractivity contribution in [2.75, 3.05) is 36.4 Å². The van der Waals surface area contributed by atoms with E-state index in [1.807, 2.05) is 29.6 Å². The molecule has 0 radical (unpaired) electrons. The second-order valence-corrected chi connectivity index (χ2v) is 9.46. The van der Waals surface area contributed by atoms with Crippen LogP contribution in [0.1, 0.15) is 36.7 Å². The van der Waals surface area contributed by atoms with Crippen molar-refractivity contribution in [1.82, 2.24) is 10.3 Å². The summed E-state index contributed by atoms with van der Waals surface area (Å²) in [6.07, 6.45) is 0. The molecule has 0 aliphatic carbocycles. The number of nitrogens with one attached hydrogen (secondary N) is 2. The van der Waals surface area contributed by atoms with Gasteiger partial charge in [-0.15, -0.1) is 11.3 Å². The fourth-order valence-electron chi connectivity index (χ4n) is 3.54. The molecule has 1 aliphatic rings. The number of carbonyl (C=O) groups is 1. The van der Waals surface area contributed by atoms with E-state index in [9.17, 15) is 4.79 Å². The fraction of sp³-hybridized carbons (Fsp3) is 0.333. The van der Waals surface area contributed by atoms with Crippen LogP contribution >= 0.6 is 11.3 Å². The summed E-state index contributed by atoms with van der Waals surface area (Å²) in [6.45, 7) is 10.5. The molecule has 1 aromatic heterocycles. The average Bonchev–Trinajstić information content (AvgIpc) is 3.22. The van der Waals surface area contributed by atoms with Gasteiger partial charge in [0.15, 0.2) is 5.13 Å². The monoisotopic (exact) mass is 420 g/mol. The maximum absolute atomic E-state index is 12.6. The van der Waals surface area contributed by atoms with Crippen LogP contribution in [0.4, 0.5) is 10.8 Å². The minimum Gasteiger partial charge on any atom is -0.369 e. The first-order valence-corrected chi connectivity index (χ1v) is 11.2. The lowest BCUT2D eigenvalue weighted by molar-refractivity contribution is 0.102. The Bertz CT molecular complexity index is 1010. The molecule has 156 valence electrons. The van der Waals surface area contributed by atoms with Gasteiger partial charge in [0.2, 0.25) is 0 Å². The predicted octanol–water partition coefficient (Wildman–Crippen LogP) is 4.77. The van der Waals surface area contributed by atoms with Crippen LogP contribution in [0.15, 0.2) is 53.9 Å². The van der Waals surface area contributed by atoms with Gasteiger partial charge in [0.1, 0.15) is 0 Å². The molecule has 0 atom stereocenters. The van der Waals surface area contributed by atoms with E-state index in [2.05, 4.69) is 65.6 Å². The molecular formula is C24H28N4OS. The molecule has 4 rings (SSSR count). The van der Waals surface area contributed by atoms with E-state index in [-0.39, 0.29) is 11.3 Å². The Morgan fingerprint density at radius 1 is 1.10 bits per heavy atom. The van der Waals surface area contributed by atoms with E-state index in [0.717, 1.165) is 37.4 Å². The Kier molecular flexibility index (Phi) is 5.88. The van der Waals surface area contributed by atoms with Gasteiger partial charge in [-0.25, -0.2) is 4.98 Å². The van der Waals surface area contributed by atoms with Gasteiger partial charge in [-0.2, -0.15) is 0 Å². The summed E-state index contributed by atoms with van der Waals surface area (Å²) >= 11 is 1.45. The highest BCUT2D eigenvalue weighted by atomic mass is 32.1. The van der Waals surface area contributed by atoms with Crippen molar-refractivity contribution in [3.63, 3.8) is 0 Å². The molecule has 2 aromatic carbocycles. The van der Waals surface area contributed by atoms with Crippen LogP contribution in [0.25, 0.3) is 11.3 Å². The largest absolute Gasteiger partial charge is 0.369 e. The Hall–Kier alpha value is -2.70. The standard InChI is InChI=1S/C24H28N4OS/c1-24(2,3)19-9-7-17(8-10-19)22(29)27-23-26-21(16-30-23)18-5-4-6-20(15-18)28-13-11-25-12-14-28/h4-10,15-16,25H,11-14H2,1-3H3,(H,26,27,29). The van der Waals surface area contributed by atoms with Crippen molar-refractivity contribution in [2.45, 2.75) is 26.2 Å². The number of rotatable bonds is 4. The minimum atomic E-state index is -0.133. The highest BCUT2D eigenvalue weighted by molar-refractivity contribution is 7.14. The lowest BCUT2D eigenvalue weighted by Gasteiger charge is -2.29. The first kappa shape index (κ1) is 20.6. The molecular weight excluding hydrogens is 392 g/mol. The number of anilines is 2. The number of benzene rings is 2. The van der Waals surface area contributed by atoms with Crippen molar-refractivity contribution >= 4 is 28.1 Å². The van der Waals surface area contributed by atoms with Gasteiger partial charge in [0.05, 0.1) is 5.69 Å². The summed E-state index contributed by atoms with van der Waals surface area (Å²) in [4.78, 5) is 19.7. The molecule has 0 bridgehead atoms. The van der Waals surface area contributed by atoms with Crippen molar-refractivity contribution in [2.24, 2.45) is 0 Å². The number of amides is 1. The summed E-state index contributed by atoms with van der Waals surface area (Å²) < 4.78 is 0. The van der Waals surface area contributed by atoms with Crippen molar-refractivity contribution in [1.29, 1.82) is 0 Å². The quantitative estimate of drug-likeness (QED) is 0.638. The SMILES string of the molecule is CC(C)(C)c1ccc(C(=O)Nc2nc(-c3cccc(N4CCNCC4)c3)cs2)cc1. The third-order valence-corrected chi connectivity index (χ3v) is 6.12. The molecule has 1 fully saturated rings. The molecule has 6 heteroatoms. The zero-order valence-electron chi connectivity index (χ0n) is 17.7. The van der Waals surface area contributed by atoms with Gasteiger partial charge in [0, 0.05) is 48.4 Å². The van der Waals surface area contributed by atoms with Gasteiger partial charge in [0.25, 0.3) is 5.91 Å². The number of hydrogen-bond acceptors (Lipinski definition) is 5. The molecule has 0 unspecified atom stereocenters. The smallest absolute Gasteiger partial charge is 0.257 e. The molecule has 0 spiro atoms. The summed E-state index contributed by atoms with van der Waals surface area (Å²) in [5.41, 5.74) is 5.08. The van der Waals surface area contributed by atoms with Crippen LogP contribution in [0.3, 0.4) is 0 Å². The van der Waals surface area contributed by atoms with E-state index in [0.29, 0.717) is 10.7 Å². The number of thiazole rings is 1. The molecule has 3 aromatic rings. The first-order chi connectivity index (χ1) is 14.4. The molecule has 1 amide bonds. The van der Waals surface area contributed by atoms with E-state index in [1.54, 1.807) is 0 Å². The molecule has 2 N–H and O–H groups in total. The topological polar surface area (TPSA) is 57.3 Å². The molecule has 1 aliphatic heterocycles. The normalized spacial score (nSPS) is 14.6. The highest BCUT2D eigenvalue weighted by Crippen LogP contribution is 2.29. The third-order valence-electron chi connectivity index (χ3n) is 5.36. The molecule has 2 heterocycles. The Balaban J connectivity index is 1.46. The molecule has 30 heavy (non-hydrogen) atoms. The van der Waals surface area contributed by atoms with Gasteiger partial charge in [-0.3, -0.25) is 10.1 Å². The van der Waals surface area contributed by atoms with Gasteiger partial charge >= 0.3 is 0 Å². The van der Waals surface area contributed by atoms with Crippen LogP contribution < -0.4 is 15.5 Å². The molecule has 1 saturated heterocycles. The van der Waals surface area contributed by atoms with Crippen LogP contribution in [0, 0.1) is 0 Å². The minimum absolute atomic E-state index is 0.0679. The van der Waals surface area contributed by atoms with E-state index < -0.39 is 0 Å². The summed E-state index contributed by atoms with van der Waals surface area (Å²) in [5.74, 6) is -0.133. The number of aromatic nitrogens is 1. The van der Waals surface area contributed by atoms with Crippen molar-refractivity contribution in [3.8, 4) is 11.3 Å². The number of nitrogens with zero attached hydrogens (tertiary/aromatic N) is 2. The number of carbonyl (C=O) groups excluding carboxylic acids is 1. The summed E-state index contributed by atoms with van der Waals surface area (Å²) in [5, 5.41) is 8.93. The molecule has 0 saturated carbocycles. The molecule has 5 nitrogen and oxygen atoms in total. The third kappa shape index (κ3) is 4.71. The lowest BCUT2D eigenvalue weighted by atomic mass is 9.87. The Labute approximate surface area is 182 Å². The van der Waals surface area contributed by atoms with Gasteiger partial charge in [-0.05, 0) is 35.2 Å². The van der Waals surface area contributed by atoms with Crippen LogP contribution in [-0.4, -0.2) is 37.1 Å².